The van der Waals surface area contributed by atoms with Crippen LogP contribution in [0, 0.1) is 5.41 Å². The number of furan rings is 1. The number of aliphatic imine (C=N–C) groups is 1. The van der Waals surface area contributed by atoms with E-state index in [1.54, 1.807) is 6.26 Å². The summed E-state index contributed by atoms with van der Waals surface area (Å²) in [5, 5.41) is 3.59. The number of nitrogens with zero attached hydrogens (tertiary/aromatic N) is 2. The minimum Gasteiger partial charge on any atom is -0.469 e. The Balaban J connectivity index is 0.00000225. The Hall–Kier alpha value is -0.800. The Kier molecular flexibility index (Phi) is 8.47. The van der Waals surface area contributed by atoms with Gasteiger partial charge in [0, 0.05) is 45.9 Å². The molecular weight excluding hydrogens is 469 g/mol. The zero-order valence-electron chi connectivity index (χ0n) is 16.7. The van der Waals surface area contributed by atoms with Gasteiger partial charge >= 0.3 is 0 Å². The first-order valence-corrected chi connectivity index (χ1v) is 10.6. The van der Waals surface area contributed by atoms with Gasteiger partial charge < -0.3 is 24.1 Å². The highest BCUT2D eigenvalue weighted by atomic mass is 127. The third kappa shape index (κ3) is 5.86. The van der Waals surface area contributed by atoms with Crippen molar-refractivity contribution >= 4 is 29.9 Å². The summed E-state index contributed by atoms with van der Waals surface area (Å²) in [6, 6.07) is 3.97. The van der Waals surface area contributed by atoms with E-state index in [2.05, 4.69) is 10.2 Å². The molecule has 0 aliphatic carbocycles. The van der Waals surface area contributed by atoms with Gasteiger partial charge in [-0.15, -0.1) is 24.0 Å². The van der Waals surface area contributed by atoms with Gasteiger partial charge in [0.1, 0.15) is 5.76 Å². The van der Waals surface area contributed by atoms with E-state index in [-0.39, 0.29) is 30.1 Å². The fraction of sp³-hybridized carbons (Fsp3) is 0.762. The Bertz CT molecular complexity index is 596. The Morgan fingerprint density at radius 2 is 2.11 bits per heavy atom. The zero-order chi connectivity index (χ0) is 18.4. The first-order chi connectivity index (χ1) is 13.3. The summed E-state index contributed by atoms with van der Waals surface area (Å²) < 4.78 is 16.9. The van der Waals surface area contributed by atoms with Crippen molar-refractivity contribution in [2.75, 3.05) is 46.0 Å². The molecule has 7 heteroatoms. The minimum atomic E-state index is 0. The third-order valence-corrected chi connectivity index (χ3v) is 6.24. The molecule has 1 aromatic rings. The molecule has 3 fully saturated rings. The van der Waals surface area contributed by atoms with Crippen LogP contribution in [0.15, 0.2) is 27.8 Å². The topological polar surface area (TPSA) is 59.2 Å². The first kappa shape index (κ1) is 21.9. The van der Waals surface area contributed by atoms with Crippen LogP contribution in [0.5, 0.6) is 0 Å². The van der Waals surface area contributed by atoms with Gasteiger partial charge in [0.2, 0.25) is 0 Å². The van der Waals surface area contributed by atoms with Crippen LogP contribution in [0.2, 0.25) is 0 Å². The maximum Gasteiger partial charge on any atom is 0.194 e. The van der Waals surface area contributed by atoms with Crippen LogP contribution in [0.4, 0.5) is 0 Å². The van der Waals surface area contributed by atoms with Crippen LogP contribution in [-0.2, 0) is 15.9 Å². The predicted octanol–water partition coefficient (Wildman–Crippen LogP) is 3.46. The molecule has 0 radical (unpaired) electrons. The number of hydrogen-bond donors (Lipinski definition) is 1. The smallest absolute Gasteiger partial charge is 0.194 e. The van der Waals surface area contributed by atoms with Crippen LogP contribution in [-0.4, -0.2) is 63.0 Å². The SMILES string of the molecule is I.c1coc(CCNC(=NCC2CCCCO2)N2CCC3(CCOCC3)C2)c1. The van der Waals surface area contributed by atoms with E-state index < -0.39 is 0 Å². The van der Waals surface area contributed by atoms with Crippen molar-refractivity contribution < 1.29 is 13.9 Å². The van der Waals surface area contributed by atoms with E-state index in [9.17, 15) is 0 Å². The molecule has 1 N–H and O–H groups in total. The van der Waals surface area contributed by atoms with E-state index in [4.69, 9.17) is 18.9 Å². The average molecular weight is 503 g/mol. The van der Waals surface area contributed by atoms with Gasteiger partial charge in [-0.1, -0.05) is 0 Å². The van der Waals surface area contributed by atoms with Crippen molar-refractivity contribution in [3.63, 3.8) is 0 Å². The predicted molar refractivity (Wildman–Crippen MR) is 120 cm³/mol. The molecule has 0 amide bonds. The van der Waals surface area contributed by atoms with Gasteiger partial charge in [0.25, 0.3) is 0 Å². The summed E-state index contributed by atoms with van der Waals surface area (Å²) >= 11 is 0. The second-order valence-corrected chi connectivity index (χ2v) is 8.19. The van der Waals surface area contributed by atoms with Crippen molar-refractivity contribution in [1.82, 2.24) is 10.2 Å². The molecular formula is C21H34IN3O3. The molecule has 0 aromatic carbocycles. The van der Waals surface area contributed by atoms with Gasteiger partial charge in [-0.25, -0.2) is 0 Å². The molecule has 0 bridgehead atoms. The third-order valence-electron chi connectivity index (χ3n) is 6.24. The first-order valence-electron chi connectivity index (χ1n) is 10.6. The number of nitrogens with one attached hydrogen (secondary N) is 1. The van der Waals surface area contributed by atoms with Crippen molar-refractivity contribution in [1.29, 1.82) is 0 Å². The lowest BCUT2D eigenvalue weighted by Gasteiger charge is -2.33. The lowest BCUT2D eigenvalue weighted by molar-refractivity contribution is 0.0209. The lowest BCUT2D eigenvalue weighted by atomic mass is 9.80. The van der Waals surface area contributed by atoms with E-state index in [1.165, 1.54) is 32.1 Å². The summed E-state index contributed by atoms with van der Waals surface area (Å²) in [5.74, 6) is 2.05. The van der Waals surface area contributed by atoms with E-state index >= 15 is 0 Å². The van der Waals surface area contributed by atoms with Crippen molar-refractivity contribution in [3.05, 3.63) is 24.2 Å². The second kappa shape index (κ2) is 10.8. The number of rotatable bonds is 5. The fourth-order valence-corrected chi connectivity index (χ4v) is 4.49. The molecule has 158 valence electrons. The number of likely N-dealkylation sites (tertiary alicyclic amines) is 1. The molecule has 1 unspecified atom stereocenters. The molecule has 3 aliphatic rings. The molecule has 6 nitrogen and oxygen atoms in total. The van der Waals surface area contributed by atoms with Crippen molar-refractivity contribution in [2.45, 2.75) is 51.0 Å². The van der Waals surface area contributed by atoms with Crippen LogP contribution < -0.4 is 5.32 Å². The Morgan fingerprint density at radius 3 is 2.86 bits per heavy atom. The molecule has 1 spiro atoms. The summed E-state index contributed by atoms with van der Waals surface area (Å²) in [6.07, 6.45) is 10.1. The summed E-state index contributed by atoms with van der Waals surface area (Å²) in [6.45, 7) is 6.46. The van der Waals surface area contributed by atoms with Gasteiger partial charge in [-0.3, -0.25) is 4.99 Å². The molecule has 1 atom stereocenters. The molecule has 1 aromatic heterocycles. The monoisotopic (exact) mass is 503 g/mol. The van der Waals surface area contributed by atoms with E-state index in [0.29, 0.717) is 5.41 Å². The number of halogens is 1. The number of ether oxygens (including phenoxy) is 2. The number of hydrogen-bond acceptors (Lipinski definition) is 4. The van der Waals surface area contributed by atoms with Crippen LogP contribution in [0.3, 0.4) is 0 Å². The molecule has 0 saturated carbocycles. The quantitative estimate of drug-likeness (QED) is 0.379. The normalized spacial score (nSPS) is 24.9. The van der Waals surface area contributed by atoms with Gasteiger partial charge in [-0.05, 0) is 56.1 Å². The second-order valence-electron chi connectivity index (χ2n) is 8.19. The standard InChI is InChI=1S/C21H33N3O3.HI/c1-2-12-27-19(4-1)16-23-20(22-10-6-18-5-3-13-26-18)24-11-7-21(17-24)8-14-25-15-9-21;/h3,5,13,19H,1-2,4,6-12,14-17H2,(H,22,23);1H. The van der Waals surface area contributed by atoms with Crippen LogP contribution >= 0.6 is 24.0 Å². The molecule has 28 heavy (non-hydrogen) atoms. The van der Waals surface area contributed by atoms with Gasteiger partial charge in [-0.2, -0.15) is 0 Å². The summed E-state index contributed by atoms with van der Waals surface area (Å²) in [5.41, 5.74) is 0.420. The highest BCUT2D eigenvalue weighted by Crippen LogP contribution is 2.39. The lowest BCUT2D eigenvalue weighted by Crippen LogP contribution is -2.43. The maximum absolute atomic E-state index is 5.88. The summed E-state index contributed by atoms with van der Waals surface area (Å²) in [4.78, 5) is 7.43. The highest BCUT2D eigenvalue weighted by Gasteiger charge is 2.40. The summed E-state index contributed by atoms with van der Waals surface area (Å²) in [7, 11) is 0. The molecule has 4 rings (SSSR count). The zero-order valence-corrected chi connectivity index (χ0v) is 19.1. The molecule has 4 heterocycles. The minimum absolute atomic E-state index is 0. The highest BCUT2D eigenvalue weighted by molar-refractivity contribution is 14.0. The number of guanidine groups is 1. The fourth-order valence-electron chi connectivity index (χ4n) is 4.49. The van der Waals surface area contributed by atoms with Gasteiger partial charge in [0.05, 0.1) is 18.9 Å². The maximum atomic E-state index is 5.88. The van der Waals surface area contributed by atoms with E-state index in [0.717, 1.165) is 70.6 Å². The Labute approximate surface area is 185 Å². The molecule has 3 aliphatic heterocycles. The van der Waals surface area contributed by atoms with Crippen molar-refractivity contribution in [2.24, 2.45) is 10.4 Å². The largest absolute Gasteiger partial charge is 0.469 e. The Morgan fingerprint density at radius 1 is 1.21 bits per heavy atom. The van der Waals surface area contributed by atoms with Crippen molar-refractivity contribution in [3.8, 4) is 0 Å². The van der Waals surface area contributed by atoms with Crippen LogP contribution in [0.1, 0.15) is 44.3 Å². The average Bonchev–Trinajstić information content (AvgIpc) is 3.37. The molecule has 3 saturated heterocycles. The van der Waals surface area contributed by atoms with Crippen LogP contribution in [0.25, 0.3) is 0 Å². The van der Waals surface area contributed by atoms with E-state index in [1.807, 2.05) is 12.1 Å². The van der Waals surface area contributed by atoms with Gasteiger partial charge in [0.15, 0.2) is 5.96 Å².